The Hall–Kier alpha value is -2.59. The molecule has 168 valence electrons. The normalized spacial score (nSPS) is 21.9. The van der Waals surface area contributed by atoms with E-state index in [1.54, 1.807) is 0 Å². The number of morpholine rings is 1. The van der Waals surface area contributed by atoms with Gasteiger partial charge in [0, 0.05) is 32.6 Å². The zero-order chi connectivity index (χ0) is 22.0. The lowest BCUT2D eigenvalue weighted by atomic mass is 9.96. The van der Waals surface area contributed by atoms with Crippen molar-refractivity contribution in [2.75, 3.05) is 44.7 Å². The highest BCUT2D eigenvalue weighted by molar-refractivity contribution is 5.98. The second-order valence-electron chi connectivity index (χ2n) is 7.96. The van der Waals surface area contributed by atoms with Crippen LogP contribution >= 0.6 is 0 Å². The number of hydrogen-bond donors (Lipinski definition) is 2. The van der Waals surface area contributed by atoms with Crippen molar-refractivity contribution >= 4 is 11.7 Å². The fourth-order valence-corrected chi connectivity index (χ4v) is 3.99. The molecule has 0 bridgehead atoms. The molecule has 1 saturated heterocycles. The first-order valence-corrected chi connectivity index (χ1v) is 10.4. The van der Waals surface area contributed by atoms with Crippen molar-refractivity contribution < 1.29 is 22.7 Å². The molecule has 0 spiro atoms. The topological polar surface area (TPSA) is 71.4 Å². The number of aryl methyl sites for hydroxylation is 1. The van der Waals surface area contributed by atoms with Crippen LogP contribution in [0.5, 0.6) is 0 Å². The van der Waals surface area contributed by atoms with Crippen LogP contribution in [0, 0.1) is 6.92 Å². The van der Waals surface area contributed by atoms with Crippen LogP contribution in [0.25, 0.3) is 0 Å². The Morgan fingerprint density at radius 2 is 1.97 bits per heavy atom. The molecule has 10 heteroatoms. The Morgan fingerprint density at radius 1 is 1.26 bits per heavy atom. The summed E-state index contributed by atoms with van der Waals surface area (Å²) >= 11 is 0. The fourth-order valence-electron chi connectivity index (χ4n) is 3.99. The number of carbonyl (C=O) groups is 1. The second kappa shape index (κ2) is 8.88. The molecule has 4 rings (SSSR count). The summed E-state index contributed by atoms with van der Waals surface area (Å²) in [6.45, 7) is 5.89. The van der Waals surface area contributed by atoms with Gasteiger partial charge in [0.15, 0.2) is 6.04 Å². The predicted molar refractivity (Wildman–Crippen MR) is 109 cm³/mol. The van der Waals surface area contributed by atoms with E-state index >= 15 is 0 Å². The van der Waals surface area contributed by atoms with E-state index in [9.17, 15) is 18.0 Å². The summed E-state index contributed by atoms with van der Waals surface area (Å²) in [7, 11) is 0. The lowest BCUT2D eigenvalue weighted by Crippen LogP contribution is -2.41. The van der Waals surface area contributed by atoms with E-state index in [0.717, 1.165) is 28.9 Å². The molecule has 2 atom stereocenters. The third-order valence-electron chi connectivity index (χ3n) is 5.78. The summed E-state index contributed by atoms with van der Waals surface area (Å²) in [4.78, 5) is 14.9. The predicted octanol–water partition coefficient (Wildman–Crippen LogP) is 2.91. The molecular weight excluding hydrogens is 411 g/mol. The van der Waals surface area contributed by atoms with Crippen LogP contribution < -0.4 is 10.6 Å². The van der Waals surface area contributed by atoms with Gasteiger partial charge in [-0.25, -0.2) is 4.68 Å². The quantitative estimate of drug-likeness (QED) is 0.753. The molecule has 0 saturated carbocycles. The molecule has 1 amide bonds. The lowest BCUT2D eigenvalue weighted by Gasteiger charge is -2.34. The molecule has 1 aromatic heterocycles. The first-order valence-electron chi connectivity index (χ1n) is 10.4. The summed E-state index contributed by atoms with van der Waals surface area (Å²) in [5.74, 6) is -0.337. The number of fused-ring (bicyclic) bond motifs is 1. The zero-order valence-corrected chi connectivity index (χ0v) is 17.3. The molecule has 2 aromatic rings. The third kappa shape index (κ3) is 4.85. The highest BCUT2D eigenvalue weighted by atomic mass is 19.4. The van der Waals surface area contributed by atoms with Crippen LogP contribution in [0.4, 0.5) is 19.0 Å². The number of amides is 1. The molecule has 0 aliphatic carbocycles. The first-order chi connectivity index (χ1) is 14.8. The molecule has 1 aromatic carbocycles. The van der Waals surface area contributed by atoms with Crippen molar-refractivity contribution in [3.8, 4) is 0 Å². The second-order valence-corrected chi connectivity index (χ2v) is 7.96. The molecule has 0 radical (unpaired) electrons. The minimum absolute atomic E-state index is 0.100. The van der Waals surface area contributed by atoms with Crippen LogP contribution in [0.1, 0.15) is 40.0 Å². The van der Waals surface area contributed by atoms with Gasteiger partial charge < -0.3 is 15.4 Å². The third-order valence-corrected chi connectivity index (χ3v) is 5.78. The SMILES string of the molecule is Cc1ccc(C2CC(C(F)(F)F)n3ncc(C(=O)NCCN4CCOCC4)c3N2)cc1. The minimum atomic E-state index is -4.48. The van der Waals surface area contributed by atoms with Gasteiger partial charge in [-0.15, -0.1) is 0 Å². The number of hydrogen-bond acceptors (Lipinski definition) is 5. The number of alkyl halides is 3. The average Bonchev–Trinajstić information content (AvgIpc) is 3.17. The maximum Gasteiger partial charge on any atom is 0.410 e. The van der Waals surface area contributed by atoms with E-state index in [-0.39, 0.29) is 17.8 Å². The van der Waals surface area contributed by atoms with E-state index in [1.807, 2.05) is 31.2 Å². The summed E-state index contributed by atoms with van der Waals surface area (Å²) in [6.07, 6.45) is -3.46. The van der Waals surface area contributed by atoms with Crippen molar-refractivity contribution in [3.05, 3.63) is 47.2 Å². The Kier molecular flexibility index (Phi) is 6.19. The Balaban J connectivity index is 1.51. The van der Waals surface area contributed by atoms with Crippen molar-refractivity contribution in [3.63, 3.8) is 0 Å². The number of benzene rings is 1. The molecule has 31 heavy (non-hydrogen) atoms. The van der Waals surface area contributed by atoms with Gasteiger partial charge >= 0.3 is 6.18 Å². The molecule has 7 nitrogen and oxygen atoms in total. The van der Waals surface area contributed by atoms with Gasteiger partial charge in [-0.2, -0.15) is 18.3 Å². The van der Waals surface area contributed by atoms with Gasteiger partial charge in [-0.3, -0.25) is 9.69 Å². The minimum Gasteiger partial charge on any atom is -0.379 e. The average molecular weight is 437 g/mol. The smallest absolute Gasteiger partial charge is 0.379 e. The number of nitrogens with one attached hydrogen (secondary N) is 2. The van der Waals surface area contributed by atoms with E-state index in [4.69, 9.17) is 4.74 Å². The van der Waals surface area contributed by atoms with Crippen LogP contribution in [-0.2, 0) is 4.74 Å². The van der Waals surface area contributed by atoms with Crippen molar-refractivity contribution in [2.45, 2.75) is 31.6 Å². The van der Waals surface area contributed by atoms with E-state index in [2.05, 4.69) is 20.6 Å². The molecule has 2 aliphatic rings. The highest BCUT2D eigenvalue weighted by Gasteiger charge is 2.47. The standard InChI is InChI=1S/C21H26F3N5O2/c1-14-2-4-15(5-3-14)17-12-18(21(22,23)24)29-19(27-17)16(13-26-29)20(30)25-6-7-28-8-10-31-11-9-28/h2-5,13,17-18,27H,6-12H2,1H3,(H,25,30). The molecule has 1 fully saturated rings. The van der Waals surface area contributed by atoms with Crippen LogP contribution in [-0.4, -0.2) is 66.2 Å². The van der Waals surface area contributed by atoms with E-state index < -0.39 is 24.2 Å². The Labute approximate surface area is 178 Å². The van der Waals surface area contributed by atoms with E-state index in [0.29, 0.717) is 26.3 Å². The summed E-state index contributed by atoms with van der Waals surface area (Å²) in [5.41, 5.74) is 1.89. The first kappa shape index (κ1) is 21.6. The van der Waals surface area contributed by atoms with Gasteiger partial charge in [0.2, 0.25) is 0 Å². The van der Waals surface area contributed by atoms with Gasteiger partial charge in [0.1, 0.15) is 11.4 Å². The lowest BCUT2D eigenvalue weighted by molar-refractivity contribution is -0.173. The van der Waals surface area contributed by atoms with Gasteiger partial charge in [0.25, 0.3) is 5.91 Å². The van der Waals surface area contributed by atoms with Gasteiger partial charge in [0.05, 0.1) is 25.5 Å². The molecule has 2 unspecified atom stereocenters. The number of ether oxygens (including phenoxy) is 1. The summed E-state index contributed by atoms with van der Waals surface area (Å²) < 4.78 is 47.6. The molecule has 2 N–H and O–H groups in total. The Bertz CT molecular complexity index is 907. The number of nitrogens with zero attached hydrogens (tertiary/aromatic N) is 3. The number of rotatable bonds is 5. The van der Waals surface area contributed by atoms with Crippen LogP contribution in [0.3, 0.4) is 0 Å². The van der Waals surface area contributed by atoms with Gasteiger partial charge in [-0.05, 0) is 12.5 Å². The summed E-state index contributed by atoms with van der Waals surface area (Å²) in [5, 5.41) is 9.83. The Morgan fingerprint density at radius 3 is 2.65 bits per heavy atom. The van der Waals surface area contributed by atoms with Crippen molar-refractivity contribution in [2.24, 2.45) is 0 Å². The van der Waals surface area contributed by atoms with Gasteiger partial charge in [-0.1, -0.05) is 29.8 Å². The molecular formula is C21H26F3N5O2. The largest absolute Gasteiger partial charge is 0.410 e. The highest BCUT2D eigenvalue weighted by Crippen LogP contribution is 2.44. The van der Waals surface area contributed by atoms with E-state index in [1.165, 1.54) is 6.20 Å². The molecule has 3 heterocycles. The summed E-state index contributed by atoms with van der Waals surface area (Å²) in [6, 6.07) is 4.99. The number of aromatic nitrogens is 2. The van der Waals surface area contributed by atoms with Crippen molar-refractivity contribution in [1.82, 2.24) is 20.0 Å². The fraction of sp³-hybridized carbons (Fsp3) is 0.524. The zero-order valence-electron chi connectivity index (χ0n) is 17.3. The number of carbonyl (C=O) groups excluding carboxylic acids is 1. The number of anilines is 1. The monoisotopic (exact) mass is 437 g/mol. The number of halogens is 3. The van der Waals surface area contributed by atoms with Crippen LogP contribution in [0.15, 0.2) is 30.5 Å². The van der Waals surface area contributed by atoms with Crippen molar-refractivity contribution in [1.29, 1.82) is 0 Å². The maximum absolute atomic E-state index is 13.8. The van der Waals surface area contributed by atoms with Crippen LogP contribution in [0.2, 0.25) is 0 Å². The molecule has 2 aliphatic heterocycles. The maximum atomic E-state index is 13.8.